The molecule has 1 heteroatoms. The molecule has 1 aliphatic carbocycles. The number of allylic oxidation sites excluding steroid dienone is 2. The van der Waals surface area contributed by atoms with E-state index in [0.717, 1.165) is 11.8 Å². The lowest BCUT2D eigenvalue weighted by Gasteiger charge is -2.45. The molecular formula is C13H25N. The van der Waals surface area contributed by atoms with Gasteiger partial charge in [-0.25, -0.2) is 0 Å². The first-order chi connectivity index (χ1) is 6.56. The predicted octanol–water partition coefficient (Wildman–Crippen LogP) is 3.21. The van der Waals surface area contributed by atoms with Gasteiger partial charge in [0.25, 0.3) is 0 Å². The molecule has 0 aromatic rings. The Labute approximate surface area is 88.8 Å². The molecule has 1 fully saturated rings. The Hall–Kier alpha value is -0.300. The van der Waals surface area contributed by atoms with Crippen molar-refractivity contribution < 1.29 is 0 Å². The van der Waals surface area contributed by atoms with Gasteiger partial charge in [0.2, 0.25) is 0 Å². The lowest BCUT2D eigenvalue weighted by molar-refractivity contribution is 0.0952. The van der Waals surface area contributed by atoms with Crippen molar-refractivity contribution in [3.05, 3.63) is 12.2 Å². The van der Waals surface area contributed by atoms with Gasteiger partial charge in [-0.1, -0.05) is 46.3 Å². The van der Waals surface area contributed by atoms with Gasteiger partial charge >= 0.3 is 0 Å². The molecule has 14 heavy (non-hydrogen) atoms. The van der Waals surface area contributed by atoms with Gasteiger partial charge in [0.05, 0.1) is 0 Å². The Morgan fingerprint density at radius 3 is 2.36 bits per heavy atom. The van der Waals surface area contributed by atoms with Crippen LogP contribution in [0.4, 0.5) is 0 Å². The quantitative estimate of drug-likeness (QED) is 0.685. The fourth-order valence-electron chi connectivity index (χ4n) is 2.60. The molecule has 0 heterocycles. The minimum Gasteiger partial charge on any atom is -0.327 e. The van der Waals surface area contributed by atoms with Crippen molar-refractivity contribution in [2.24, 2.45) is 29.4 Å². The van der Waals surface area contributed by atoms with Crippen LogP contribution < -0.4 is 5.73 Å². The zero-order chi connectivity index (χ0) is 10.7. The highest BCUT2D eigenvalue weighted by molar-refractivity contribution is 5.01. The Morgan fingerprint density at radius 1 is 1.29 bits per heavy atom. The summed E-state index contributed by atoms with van der Waals surface area (Å²) >= 11 is 0. The second-order valence-corrected chi connectivity index (χ2v) is 5.13. The molecule has 4 unspecified atom stereocenters. The van der Waals surface area contributed by atoms with Crippen molar-refractivity contribution in [2.75, 3.05) is 0 Å². The van der Waals surface area contributed by atoms with Gasteiger partial charge in [-0.05, 0) is 30.1 Å². The monoisotopic (exact) mass is 195 g/mol. The van der Waals surface area contributed by atoms with Gasteiger partial charge in [-0.2, -0.15) is 0 Å². The Balaban J connectivity index is 2.46. The van der Waals surface area contributed by atoms with Gasteiger partial charge < -0.3 is 5.73 Å². The first kappa shape index (κ1) is 11.8. The highest BCUT2D eigenvalue weighted by Gasteiger charge is 2.39. The summed E-state index contributed by atoms with van der Waals surface area (Å²) in [6.45, 7) is 9.04. The fraction of sp³-hybridized carbons (Fsp3) is 0.846. The maximum absolute atomic E-state index is 6.06. The van der Waals surface area contributed by atoms with Crippen molar-refractivity contribution in [2.45, 2.75) is 46.6 Å². The summed E-state index contributed by atoms with van der Waals surface area (Å²) in [6.07, 6.45) is 7.19. The molecule has 0 aliphatic heterocycles. The van der Waals surface area contributed by atoms with Crippen LogP contribution in [0.1, 0.15) is 40.5 Å². The van der Waals surface area contributed by atoms with Crippen LogP contribution in [0.25, 0.3) is 0 Å². The Bertz CT molecular complexity index is 195. The lowest BCUT2D eigenvalue weighted by Crippen LogP contribution is -2.49. The number of hydrogen-bond acceptors (Lipinski definition) is 1. The van der Waals surface area contributed by atoms with Crippen LogP contribution in [0.5, 0.6) is 0 Å². The normalized spacial score (nSPS) is 34.9. The molecule has 1 rings (SSSR count). The summed E-state index contributed by atoms with van der Waals surface area (Å²) in [6, 6.07) is 0.451. The average Bonchev–Trinajstić information content (AvgIpc) is 2.10. The molecule has 0 aromatic heterocycles. The zero-order valence-electron chi connectivity index (χ0n) is 10.0. The zero-order valence-corrected chi connectivity index (χ0v) is 10.0. The van der Waals surface area contributed by atoms with Crippen molar-refractivity contribution in [3.8, 4) is 0 Å². The first-order valence-electron chi connectivity index (χ1n) is 6.00. The Morgan fingerprint density at radius 2 is 1.93 bits per heavy atom. The van der Waals surface area contributed by atoms with E-state index in [0.29, 0.717) is 17.9 Å². The molecule has 2 N–H and O–H groups in total. The molecule has 1 aliphatic rings. The topological polar surface area (TPSA) is 26.0 Å². The van der Waals surface area contributed by atoms with Gasteiger partial charge in [0.1, 0.15) is 0 Å². The highest BCUT2D eigenvalue weighted by Crippen LogP contribution is 2.41. The standard InChI is InChI=1S/C13H25N/c1-5-11-8-12(14)13(11)10(4)7-6-9(2)3/h6-7,9-13H,5,8,14H2,1-4H3. The largest absolute Gasteiger partial charge is 0.327 e. The SMILES string of the molecule is CCC1CC(N)C1C(C)C=CC(C)C. The van der Waals surface area contributed by atoms with E-state index in [4.69, 9.17) is 5.73 Å². The van der Waals surface area contributed by atoms with Crippen molar-refractivity contribution in [3.63, 3.8) is 0 Å². The van der Waals surface area contributed by atoms with E-state index < -0.39 is 0 Å². The summed E-state index contributed by atoms with van der Waals surface area (Å²) in [4.78, 5) is 0. The van der Waals surface area contributed by atoms with Crippen LogP contribution in [0.15, 0.2) is 12.2 Å². The van der Waals surface area contributed by atoms with Gasteiger partial charge in [-0.3, -0.25) is 0 Å². The smallest absolute Gasteiger partial charge is 0.00780 e. The molecule has 0 amide bonds. The van der Waals surface area contributed by atoms with Crippen LogP contribution >= 0.6 is 0 Å². The van der Waals surface area contributed by atoms with Crippen molar-refractivity contribution >= 4 is 0 Å². The lowest BCUT2D eigenvalue weighted by atomic mass is 9.63. The molecule has 0 radical (unpaired) electrons. The van der Waals surface area contributed by atoms with Crippen LogP contribution in [0, 0.1) is 23.7 Å². The third-order valence-corrected chi connectivity index (χ3v) is 3.54. The molecule has 4 atom stereocenters. The van der Waals surface area contributed by atoms with Gasteiger partial charge in [0, 0.05) is 6.04 Å². The molecule has 0 saturated heterocycles. The molecule has 0 bridgehead atoms. The summed E-state index contributed by atoms with van der Waals surface area (Å²) in [5, 5.41) is 0. The van der Waals surface area contributed by atoms with E-state index in [1.165, 1.54) is 12.8 Å². The van der Waals surface area contributed by atoms with E-state index in [1.54, 1.807) is 0 Å². The summed E-state index contributed by atoms with van der Waals surface area (Å²) in [5.74, 6) is 2.92. The average molecular weight is 195 g/mol. The Kier molecular flexibility index (Phi) is 4.18. The van der Waals surface area contributed by atoms with Crippen LogP contribution in [-0.4, -0.2) is 6.04 Å². The van der Waals surface area contributed by atoms with E-state index in [1.807, 2.05) is 0 Å². The van der Waals surface area contributed by atoms with Crippen molar-refractivity contribution in [1.82, 2.24) is 0 Å². The molecular weight excluding hydrogens is 170 g/mol. The molecule has 82 valence electrons. The maximum Gasteiger partial charge on any atom is 0.00780 e. The summed E-state index contributed by atoms with van der Waals surface area (Å²) in [7, 11) is 0. The van der Waals surface area contributed by atoms with E-state index >= 15 is 0 Å². The van der Waals surface area contributed by atoms with Crippen LogP contribution in [-0.2, 0) is 0 Å². The van der Waals surface area contributed by atoms with E-state index in [-0.39, 0.29) is 0 Å². The fourth-order valence-corrected chi connectivity index (χ4v) is 2.60. The minimum atomic E-state index is 0.451. The number of rotatable bonds is 4. The minimum absolute atomic E-state index is 0.451. The number of nitrogens with two attached hydrogens (primary N) is 1. The van der Waals surface area contributed by atoms with E-state index in [2.05, 4.69) is 39.8 Å². The van der Waals surface area contributed by atoms with Crippen molar-refractivity contribution in [1.29, 1.82) is 0 Å². The summed E-state index contributed by atoms with van der Waals surface area (Å²) in [5.41, 5.74) is 6.06. The molecule has 0 spiro atoms. The first-order valence-corrected chi connectivity index (χ1v) is 6.00. The number of hydrogen-bond donors (Lipinski definition) is 1. The predicted molar refractivity (Wildman–Crippen MR) is 63.0 cm³/mol. The second kappa shape index (κ2) is 4.97. The van der Waals surface area contributed by atoms with Gasteiger partial charge in [0.15, 0.2) is 0 Å². The molecule has 1 nitrogen and oxygen atoms in total. The molecule has 0 aromatic carbocycles. The highest BCUT2D eigenvalue weighted by atomic mass is 14.7. The van der Waals surface area contributed by atoms with Gasteiger partial charge in [-0.15, -0.1) is 0 Å². The molecule has 1 saturated carbocycles. The van der Waals surface area contributed by atoms with E-state index in [9.17, 15) is 0 Å². The third-order valence-electron chi connectivity index (χ3n) is 3.54. The summed E-state index contributed by atoms with van der Waals surface area (Å²) < 4.78 is 0. The third kappa shape index (κ3) is 2.60. The second-order valence-electron chi connectivity index (χ2n) is 5.13. The maximum atomic E-state index is 6.06. The van der Waals surface area contributed by atoms with Crippen LogP contribution in [0.3, 0.4) is 0 Å². The van der Waals surface area contributed by atoms with Crippen LogP contribution in [0.2, 0.25) is 0 Å².